The van der Waals surface area contributed by atoms with E-state index in [1.807, 2.05) is 6.07 Å². The second-order valence-corrected chi connectivity index (χ2v) is 9.47. The topological polar surface area (TPSA) is 77.8 Å². The maximum atomic E-state index is 11.0. The van der Waals surface area contributed by atoms with Crippen molar-refractivity contribution in [2.24, 2.45) is 11.8 Å². The Morgan fingerprint density at radius 1 is 1.04 bits per heavy atom. The fourth-order valence-corrected chi connectivity index (χ4v) is 5.66. The number of hydrogen-bond acceptors (Lipinski definition) is 4. The van der Waals surface area contributed by atoms with Crippen LogP contribution >= 0.6 is 22.9 Å². The Bertz CT molecular complexity index is 562. The van der Waals surface area contributed by atoms with Gasteiger partial charge in [0.2, 0.25) is 0 Å². The molecule has 2 rings (SSSR count). The molecule has 1 aliphatic rings. The Morgan fingerprint density at radius 2 is 1.70 bits per heavy atom. The lowest BCUT2D eigenvalue weighted by Crippen LogP contribution is -2.21. The Labute approximate surface area is 171 Å². The number of unbranched alkanes of at least 4 members (excludes halogenated alkanes) is 5. The van der Waals surface area contributed by atoms with Crippen molar-refractivity contribution in [2.45, 2.75) is 82.1 Å². The Morgan fingerprint density at radius 3 is 2.37 bits per heavy atom. The summed E-state index contributed by atoms with van der Waals surface area (Å²) in [5.74, 6) is -0.208. The van der Waals surface area contributed by atoms with Crippen LogP contribution in [-0.2, 0) is 6.42 Å². The van der Waals surface area contributed by atoms with Gasteiger partial charge in [0.05, 0.1) is 6.10 Å². The first-order chi connectivity index (χ1) is 13.0. The van der Waals surface area contributed by atoms with Crippen LogP contribution < -0.4 is 0 Å². The van der Waals surface area contributed by atoms with Gasteiger partial charge in [0, 0.05) is 16.9 Å². The van der Waals surface area contributed by atoms with Crippen molar-refractivity contribution < 1.29 is 20.1 Å². The second-order valence-electron chi connectivity index (χ2n) is 7.74. The minimum Gasteiger partial charge on any atom is -0.477 e. The molecule has 0 radical (unpaired) electrons. The van der Waals surface area contributed by atoms with E-state index in [4.69, 9.17) is 21.8 Å². The first-order valence-corrected chi connectivity index (χ1v) is 11.5. The number of aryl methyl sites for hydroxylation is 1. The van der Waals surface area contributed by atoms with E-state index in [1.165, 1.54) is 30.6 Å². The highest BCUT2D eigenvalue weighted by Gasteiger charge is 2.40. The molecule has 0 aliphatic heterocycles. The quantitative estimate of drug-likeness (QED) is 0.309. The van der Waals surface area contributed by atoms with Gasteiger partial charge < -0.3 is 15.3 Å². The van der Waals surface area contributed by atoms with Gasteiger partial charge >= 0.3 is 5.97 Å². The average Bonchev–Trinajstić information content (AvgIpc) is 3.20. The molecular weight excluding hydrogens is 384 g/mol. The van der Waals surface area contributed by atoms with Gasteiger partial charge in [-0.25, -0.2) is 4.79 Å². The highest BCUT2D eigenvalue weighted by Crippen LogP contribution is 2.42. The van der Waals surface area contributed by atoms with Gasteiger partial charge in [0.1, 0.15) is 4.88 Å². The third-order valence-corrected chi connectivity index (χ3v) is 7.39. The molecule has 1 aromatic rings. The summed E-state index contributed by atoms with van der Waals surface area (Å²) in [6, 6.07) is 3.58. The van der Waals surface area contributed by atoms with Crippen LogP contribution in [-0.4, -0.2) is 39.4 Å². The van der Waals surface area contributed by atoms with Crippen LogP contribution in [0.2, 0.25) is 0 Å². The van der Waals surface area contributed by atoms with Crippen molar-refractivity contribution >= 4 is 28.9 Å². The number of aliphatic hydroxyl groups is 2. The number of aromatic carboxylic acids is 1. The van der Waals surface area contributed by atoms with Crippen LogP contribution in [0.1, 0.15) is 78.8 Å². The third-order valence-electron chi connectivity index (χ3n) is 5.75. The summed E-state index contributed by atoms with van der Waals surface area (Å²) in [5, 5.41) is 28.3. The van der Waals surface area contributed by atoms with Gasteiger partial charge in [-0.2, -0.15) is 0 Å². The average molecular weight is 417 g/mol. The molecular formula is C21H33ClO4S. The van der Waals surface area contributed by atoms with Gasteiger partial charge in [0.15, 0.2) is 0 Å². The molecule has 0 aromatic carbocycles. The largest absolute Gasteiger partial charge is 0.477 e. The normalized spacial score (nSPS) is 25.1. The van der Waals surface area contributed by atoms with Crippen LogP contribution in [0, 0.1) is 11.8 Å². The molecule has 0 unspecified atom stereocenters. The predicted octanol–water partition coefficient (Wildman–Crippen LogP) is 5.10. The minimum absolute atomic E-state index is 0.0486. The molecule has 3 N–H and O–H groups in total. The molecule has 1 saturated carbocycles. The van der Waals surface area contributed by atoms with Crippen molar-refractivity contribution in [3.05, 3.63) is 21.9 Å². The molecule has 0 bridgehead atoms. The van der Waals surface area contributed by atoms with Crippen LogP contribution in [0.25, 0.3) is 0 Å². The van der Waals surface area contributed by atoms with Crippen molar-refractivity contribution in [1.29, 1.82) is 0 Å². The molecule has 154 valence electrons. The molecule has 4 nitrogen and oxygen atoms in total. The van der Waals surface area contributed by atoms with E-state index in [1.54, 1.807) is 6.07 Å². The Kier molecular flexibility index (Phi) is 10.1. The molecule has 0 saturated heterocycles. The third kappa shape index (κ3) is 7.37. The standard InChI is InChI=1S/C21H33ClO4S/c22-18-14-19(24)17(9-5-3-1-2-4-6-13-23)16(18)10-7-8-15-11-12-20(27-15)21(25)26/h11-12,16-19,23-24H,1-10,13-14H2,(H,25,26)/t16-,17-,18-,19-/m1/s1. The molecule has 1 aliphatic carbocycles. The van der Waals surface area contributed by atoms with Gasteiger partial charge in [-0.1, -0.05) is 32.1 Å². The summed E-state index contributed by atoms with van der Waals surface area (Å²) in [6.45, 7) is 0.288. The van der Waals surface area contributed by atoms with Crippen molar-refractivity contribution in [3.63, 3.8) is 0 Å². The summed E-state index contributed by atoms with van der Waals surface area (Å²) in [7, 11) is 0. The van der Waals surface area contributed by atoms with E-state index in [2.05, 4.69) is 0 Å². The lowest BCUT2D eigenvalue weighted by molar-refractivity contribution is 0.0702. The summed E-state index contributed by atoms with van der Waals surface area (Å²) in [4.78, 5) is 12.5. The zero-order valence-corrected chi connectivity index (χ0v) is 17.6. The zero-order chi connectivity index (χ0) is 19.6. The lowest BCUT2D eigenvalue weighted by atomic mass is 9.85. The number of rotatable bonds is 13. The second kappa shape index (κ2) is 12.1. The maximum Gasteiger partial charge on any atom is 0.345 e. The number of thiophene rings is 1. The van der Waals surface area contributed by atoms with E-state index < -0.39 is 5.97 Å². The van der Waals surface area contributed by atoms with E-state index in [-0.39, 0.29) is 18.1 Å². The number of aliphatic hydroxyl groups excluding tert-OH is 2. The number of carbonyl (C=O) groups is 1. The van der Waals surface area contributed by atoms with Gasteiger partial charge in [-0.3, -0.25) is 0 Å². The van der Waals surface area contributed by atoms with Gasteiger partial charge in [0.25, 0.3) is 0 Å². The highest BCUT2D eigenvalue weighted by molar-refractivity contribution is 7.13. The minimum atomic E-state index is -0.859. The summed E-state index contributed by atoms with van der Waals surface area (Å²) in [5.41, 5.74) is 0. The van der Waals surface area contributed by atoms with E-state index >= 15 is 0 Å². The van der Waals surface area contributed by atoms with Gasteiger partial charge in [-0.05, 0) is 62.5 Å². The van der Waals surface area contributed by atoms with E-state index in [0.717, 1.165) is 49.8 Å². The fourth-order valence-electron chi connectivity index (χ4n) is 4.27. The van der Waals surface area contributed by atoms with Crippen LogP contribution in [0.5, 0.6) is 0 Å². The Hall–Kier alpha value is -0.620. The first kappa shape index (κ1) is 22.7. The molecule has 1 heterocycles. The van der Waals surface area contributed by atoms with Crippen LogP contribution in [0.15, 0.2) is 12.1 Å². The summed E-state index contributed by atoms with van der Waals surface area (Å²) < 4.78 is 0. The van der Waals surface area contributed by atoms with Crippen LogP contribution in [0.3, 0.4) is 0 Å². The number of carboxylic acids is 1. The Balaban J connectivity index is 1.71. The predicted molar refractivity (Wildman–Crippen MR) is 111 cm³/mol. The van der Waals surface area contributed by atoms with Crippen LogP contribution in [0.4, 0.5) is 0 Å². The molecule has 4 atom stereocenters. The summed E-state index contributed by atoms with van der Waals surface area (Å²) in [6.07, 6.45) is 11.0. The number of carboxylic acid groups (broad SMARTS) is 1. The van der Waals surface area contributed by atoms with Crippen molar-refractivity contribution in [2.75, 3.05) is 6.61 Å². The molecule has 0 amide bonds. The first-order valence-electron chi connectivity index (χ1n) is 10.3. The molecule has 1 aromatic heterocycles. The van der Waals surface area contributed by atoms with Gasteiger partial charge in [-0.15, -0.1) is 22.9 Å². The van der Waals surface area contributed by atoms with Crippen molar-refractivity contribution in [3.8, 4) is 0 Å². The maximum absolute atomic E-state index is 11.0. The molecule has 27 heavy (non-hydrogen) atoms. The van der Waals surface area contributed by atoms with Crippen molar-refractivity contribution in [1.82, 2.24) is 0 Å². The fraction of sp³-hybridized carbons (Fsp3) is 0.762. The number of halogens is 1. The SMILES string of the molecule is O=C(O)c1ccc(CCC[C@@H]2[C@@H](CCCCCCCCO)[C@H](O)C[C@H]2Cl)s1. The summed E-state index contributed by atoms with van der Waals surface area (Å²) >= 11 is 7.89. The molecule has 6 heteroatoms. The highest BCUT2D eigenvalue weighted by atomic mass is 35.5. The number of alkyl halides is 1. The monoisotopic (exact) mass is 416 g/mol. The smallest absolute Gasteiger partial charge is 0.345 e. The number of hydrogen-bond donors (Lipinski definition) is 3. The lowest BCUT2D eigenvalue weighted by Gasteiger charge is -2.23. The molecule has 1 fully saturated rings. The van der Waals surface area contributed by atoms with E-state index in [9.17, 15) is 9.90 Å². The van der Waals surface area contributed by atoms with E-state index in [0.29, 0.717) is 23.1 Å². The molecule has 0 spiro atoms. The zero-order valence-electron chi connectivity index (χ0n) is 16.0.